The summed E-state index contributed by atoms with van der Waals surface area (Å²) in [6.07, 6.45) is 5.41. The van der Waals surface area contributed by atoms with Gasteiger partial charge in [0.25, 0.3) is 0 Å². The maximum Gasteiger partial charge on any atom is 0.203 e. The van der Waals surface area contributed by atoms with Crippen LogP contribution < -0.4 is 10.2 Å². The quantitative estimate of drug-likeness (QED) is 0.423. The Labute approximate surface area is 182 Å². The van der Waals surface area contributed by atoms with Crippen LogP contribution in [0.5, 0.6) is 5.75 Å². The van der Waals surface area contributed by atoms with Crippen LogP contribution in [0.3, 0.4) is 0 Å². The monoisotopic (exact) mass is 462 g/mol. The van der Waals surface area contributed by atoms with Crippen LogP contribution in [-0.2, 0) is 6.42 Å². The van der Waals surface area contributed by atoms with Crippen LogP contribution in [0.4, 0.5) is 0 Å². The van der Waals surface area contributed by atoms with Crippen molar-refractivity contribution in [3.05, 3.63) is 99.1 Å². The molecule has 0 spiro atoms. The van der Waals surface area contributed by atoms with Crippen molar-refractivity contribution in [2.24, 2.45) is 0 Å². The molecule has 150 valence electrons. The second kappa shape index (κ2) is 9.00. The van der Waals surface area contributed by atoms with Gasteiger partial charge in [-0.25, -0.2) is 14.6 Å². The summed E-state index contributed by atoms with van der Waals surface area (Å²) >= 11 is 3.47. The van der Waals surface area contributed by atoms with Gasteiger partial charge in [0.1, 0.15) is 5.69 Å². The fourth-order valence-electron chi connectivity index (χ4n) is 3.05. The second-order valence-electron chi connectivity index (χ2n) is 6.60. The molecule has 0 saturated heterocycles. The summed E-state index contributed by atoms with van der Waals surface area (Å²) in [4.78, 5) is 21.2. The molecule has 2 aromatic carbocycles. The maximum absolute atomic E-state index is 12.4. The average Bonchev–Trinajstić information content (AvgIpc) is 2.76. The van der Waals surface area contributed by atoms with Crippen molar-refractivity contribution in [3.8, 4) is 22.8 Å². The molecule has 2 heterocycles. The summed E-state index contributed by atoms with van der Waals surface area (Å²) in [5.41, 5.74) is 3.09. The second-order valence-corrected chi connectivity index (χ2v) is 7.52. The lowest BCUT2D eigenvalue weighted by atomic mass is 10.1. The van der Waals surface area contributed by atoms with Crippen molar-refractivity contribution < 1.29 is 4.74 Å². The third-order valence-corrected chi connectivity index (χ3v) is 4.94. The lowest BCUT2D eigenvalue weighted by molar-refractivity contribution is 0.337. The SMILES string of the molecule is CCOc1cnc(-c2cccc(Cc3nn(-c4cccc(Br)c4)ccc3=O)c2)nc1. The first-order valence-corrected chi connectivity index (χ1v) is 10.3. The lowest BCUT2D eigenvalue weighted by Crippen LogP contribution is -2.16. The minimum Gasteiger partial charge on any atom is -0.491 e. The van der Waals surface area contributed by atoms with Crippen molar-refractivity contribution in [1.82, 2.24) is 19.7 Å². The number of benzene rings is 2. The molecule has 4 aromatic rings. The summed E-state index contributed by atoms with van der Waals surface area (Å²) in [6.45, 7) is 2.49. The van der Waals surface area contributed by atoms with Gasteiger partial charge in [-0.3, -0.25) is 4.79 Å². The predicted octanol–water partition coefficient (Wildman–Crippen LogP) is 4.44. The predicted molar refractivity (Wildman–Crippen MR) is 119 cm³/mol. The van der Waals surface area contributed by atoms with Crippen molar-refractivity contribution in [2.75, 3.05) is 6.61 Å². The molecule has 0 amide bonds. The van der Waals surface area contributed by atoms with Gasteiger partial charge in [-0.1, -0.05) is 40.2 Å². The highest BCUT2D eigenvalue weighted by atomic mass is 79.9. The molecule has 0 unspecified atom stereocenters. The molecule has 0 saturated carbocycles. The molecule has 0 bridgehead atoms. The van der Waals surface area contributed by atoms with Crippen LogP contribution in [-0.4, -0.2) is 26.4 Å². The van der Waals surface area contributed by atoms with Gasteiger partial charge < -0.3 is 4.74 Å². The molecule has 30 heavy (non-hydrogen) atoms. The van der Waals surface area contributed by atoms with Gasteiger partial charge in [0, 0.05) is 28.7 Å². The number of rotatable bonds is 6. The first-order chi connectivity index (χ1) is 14.6. The molecule has 0 N–H and O–H groups in total. The highest BCUT2D eigenvalue weighted by molar-refractivity contribution is 9.10. The van der Waals surface area contributed by atoms with Crippen LogP contribution in [0.15, 0.2) is 82.5 Å². The number of halogens is 1. The summed E-state index contributed by atoms with van der Waals surface area (Å²) in [6, 6.07) is 17.1. The molecule has 2 aromatic heterocycles. The van der Waals surface area contributed by atoms with Crippen molar-refractivity contribution in [1.29, 1.82) is 0 Å². The lowest BCUT2D eigenvalue weighted by Gasteiger charge is -2.09. The van der Waals surface area contributed by atoms with Gasteiger partial charge >= 0.3 is 0 Å². The van der Waals surface area contributed by atoms with Gasteiger partial charge in [-0.05, 0) is 36.8 Å². The molecule has 4 rings (SSSR count). The summed E-state index contributed by atoms with van der Waals surface area (Å²) in [5.74, 6) is 1.24. The summed E-state index contributed by atoms with van der Waals surface area (Å²) in [7, 11) is 0. The Hall–Kier alpha value is -3.32. The summed E-state index contributed by atoms with van der Waals surface area (Å²) < 4.78 is 8.05. The fraction of sp³-hybridized carbons (Fsp3) is 0.130. The van der Waals surface area contributed by atoms with Crippen molar-refractivity contribution in [3.63, 3.8) is 0 Å². The first-order valence-electron chi connectivity index (χ1n) is 9.51. The van der Waals surface area contributed by atoms with Crippen LogP contribution in [0.1, 0.15) is 18.2 Å². The zero-order valence-electron chi connectivity index (χ0n) is 16.3. The topological polar surface area (TPSA) is 69.9 Å². The molecule has 0 aliphatic heterocycles. The van der Waals surface area contributed by atoms with E-state index < -0.39 is 0 Å². The Morgan fingerprint density at radius 2 is 1.83 bits per heavy atom. The van der Waals surface area contributed by atoms with Gasteiger partial charge in [-0.15, -0.1) is 0 Å². The average molecular weight is 463 g/mol. The Morgan fingerprint density at radius 3 is 2.60 bits per heavy atom. The number of ether oxygens (including phenoxy) is 1. The third kappa shape index (κ3) is 4.63. The first kappa shape index (κ1) is 20.0. The highest BCUT2D eigenvalue weighted by Crippen LogP contribution is 2.19. The Kier molecular flexibility index (Phi) is 5.99. The van der Waals surface area contributed by atoms with Gasteiger partial charge in [0.2, 0.25) is 5.43 Å². The molecule has 0 aliphatic rings. The minimum absolute atomic E-state index is 0.0935. The Bertz CT molecular complexity index is 1220. The third-order valence-electron chi connectivity index (χ3n) is 4.45. The van der Waals surface area contributed by atoms with Crippen LogP contribution in [0.25, 0.3) is 17.1 Å². The van der Waals surface area contributed by atoms with Crippen LogP contribution in [0, 0.1) is 0 Å². The van der Waals surface area contributed by atoms with E-state index in [1.165, 1.54) is 0 Å². The number of hydrogen-bond donors (Lipinski definition) is 0. The van der Waals surface area contributed by atoms with E-state index in [1.54, 1.807) is 29.3 Å². The van der Waals surface area contributed by atoms with Crippen LogP contribution >= 0.6 is 15.9 Å². The maximum atomic E-state index is 12.4. The van der Waals surface area contributed by atoms with E-state index in [-0.39, 0.29) is 5.43 Å². The Morgan fingerprint density at radius 1 is 1.03 bits per heavy atom. The van der Waals surface area contributed by atoms with E-state index in [0.717, 1.165) is 21.3 Å². The normalized spacial score (nSPS) is 10.7. The standard InChI is InChI=1S/C23H19BrN4O2/c1-2-30-20-14-25-23(26-15-20)17-6-3-5-16(11-17)12-21-22(29)9-10-28(27-21)19-8-4-7-18(24)13-19/h3-11,13-15H,2,12H2,1H3. The molecule has 6 nitrogen and oxygen atoms in total. The summed E-state index contributed by atoms with van der Waals surface area (Å²) in [5, 5.41) is 4.55. The van der Waals surface area contributed by atoms with E-state index in [9.17, 15) is 4.79 Å². The van der Waals surface area contributed by atoms with E-state index in [1.807, 2.05) is 55.5 Å². The molecule has 0 radical (unpaired) electrons. The van der Waals surface area contributed by atoms with Gasteiger partial charge in [0.05, 0.1) is 24.7 Å². The van der Waals surface area contributed by atoms with E-state index in [0.29, 0.717) is 30.3 Å². The molecular formula is C23H19BrN4O2. The largest absolute Gasteiger partial charge is 0.491 e. The van der Waals surface area contributed by atoms with Gasteiger partial charge in [0.15, 0.2) is 11.6 Å². The highest BCUT2D eigenvalue weighted by Gasteiger charge is 2.08. The van der Waals surface area contributed by atoms with Crippen LogP contribution in [0.2, 0.25) is 0 Å². The molecule has 0 atom stereocenters. The molecule has 0 aliphatic carbocycles. The number of nitrogens with zero attached hydrogens (tertiary/aromatic N) is 4. The number of aromatic nitrogens is 4. The molecular weight excluding hydrogens is 444 g/mol. The minimum atomic E-state index is -0.0935. The zero-order valence-corrected chi connectivity index (χ0v) is 17.9. The Balaban J connectivity index is 1.61. The fourth-order valence-corrected chi connectivity index (χ4v) is 3.44. The van der Waals surface area contributed by atoms with E-state index >= 15 is 0 Å². The molecule has 7 heteroatoms. The zero-order chi connectivity index (χ0) is 20.9. The smallest absolute Gasteiger partial charge is 0.203 e. The number of hydrogen-bond acceptors (Lipinski definition) is 5. The van der Waals surface area contributed by atoms with Crippen molar-refractivity contribution >= 4 is 15.9 Å². The van der Waals surface area contributed by atoms with Gasteiger partial charge in [-0.2, -0.15) is 5.10 Å². The van der Waals surface area contributed by atoms with Crippen molar-refractivity contribution in [2.45, 2.75) is 13.3 Å². The van der Waals surface area contributed by atoms with E-state index in [2.05, 4.69) is 31.0 Å². The van der Waals surface area contributed by atoms with E-state index in [4.69, 9.17) is 4.74 Å². The molecule has 0 fully saturated rings.